The van der Waals surface area contributed by atoms with Crippen molar-refractivity contribution in [2.45, 2.75) is 25.2 Å². The number of Topliss-reactive ketones (excluding diaryl/α,β-unsaturated/α-hetero) is 1. The van der Waals surface area contributed by atoms with Crippen molar-refractivity contribution in [3.8, 4) is 0 Å². The molecule has 1 aromatic carbocycles. The minimum Gasteiger partial charge on any atom is -0.294 e. The highest BCUT2D eigenvalue weighted by atomic mass is 32.2. The molecule has 0 radical (unpaired) electrons. The maximum Gasteiger partial charge on any atom is 0.171 e. The van der Waals surface area contributed by atoms with Gasteiger partial charge >= 0.3 is 0 Å². The molecule has 0 aliphatic carbocycles. The standard InChI is InChI=1S/C12H14O2S/c1-4-12(13)10(3)15(14)11-7-5-9(2)6-8-11/h5-8H,3-4H2,1-2H3/t15-/m1/s1. The minimum absolute atomic E-state index is 0.145. The maximum absolute atomic E-state index is 11.8. The van der Waals surface area contributed by atoms with Gasteiger partial charge in [-0.05, 0) is 19.1 Å². The zero-order valence-electron chi connectivity index (χ0n) is 8.95. The molecule has 0 aliphatic heterocycles. The lowest BCUT2D eigenvalue weighted by Crippen LogP contribution is -2.05. The molecule has 0 unspecified atom stereocenters. The molecule has 1 aromatic rings. The lowest BCUT2D eigenvalue weighted by atomic mass is 10.2. The molecular weight excluding hydrogens is 208 g/mol. The van der Waals surface area contributed by atoms with E-state index in [1.54, 1.807) is 19.1 Å². The van der Waals surface area contributed by atoms with Crippen LogP contribution in [0.15, 0.2) is 40.6 Å². The van der Waals surface area contributed by atoms with Crippen LogP contribution < -0.4 is 0 Å². The van der Waals surface area contributed by atoms with Crippen LogP contribution in [0.4, 0.5) is 0 Å². The fourth-order valence-electron chi connectivity index (χ4n) is 1.10. The third-order valence-electron chi connectivity index (χ3n) is 2.09. The third kappa shape index (κ3) is 2.86. The van der Waals surface area contributed by atoms with Gasteiger partial charge in [0.05, 0.1) is 15.7 Å². The molecule has 0 heterocycles. The number of hydrogen-bond acceptors (Lipinski definition) is 2. The Balaban J connectivity index is 2.90. The van der Waals surface area contributed by atoms with Crippen LogP contribution in [0.25, 0.3) is 0 Å². The summed E-state index contributed by atoms with van der Waals surface area (Å²) in [6.07, 6.45) is 0.344. The number of carbonyl (C=O) groups excluding carboxylic acids is 1. The number of hydrogen-bond donors (Lipinski definition) is 0. The molecule has 0 saturated carbocycles. The van der Waals surface area contributed by atoms with Crippen molar-refractivity contribution >= 4 is 16.6 Å². The monoisotopic (exact) mass is 222 g/mol. The van der Waals surface area contributed by atoms with E-state index in [4.69, 9.17) is 0 Å². The number of aryl methyl sites for hydroxylation is 1. The van der Waals surface area contributed by atoms with Crippen molar-refractivity contribution in [1.29, 1.82) is 0 Å². The zero-order chi connectivity index (χ0) is 11.4. The summed E-state index contributed by atoms with van der Waals surface area (Å²) in [5.74, 6) is -0.145. The summed E-state index contributed by atoms with van der Waals surface area (Å²) in [5.41, 5.74) is 1.10. The summed E-state index contributed by atoms with van der Waals surface area (Å²) < 4.78 is 11.8. The topological polar surface area (TPSA) is 34.1 Å². The van der Waals surface area contributed by atoms with Crippen molar-refractivity contribution < 1.29 is 9.00 Å². The van der Waals surface area contributed by atoms with Gasteiger partial charge in [0, 0.05) is 11.3 Å². The summed E-state index contributed by atoms with van der Waals surface area (Å²) in [4.78, 5) is 12.1. The second kappa shape index (κ2) is 5.03. The number of allylic oxidation sites excluding steroid dienone is 1. The van der Waals surface area contributed by atoms with E-state index in [1.807, 2.05) is 19.1 Å². The summed E-state index contributed by atoms with van der Waals surface area (Å²) in [6, 6.07) is 7.27. The van der Waals surface area contributed by atoms with Gasteiger partial charge in [0.2, 0.25) is 0 Å². The Labute approximate surface area is 92.5 Å². The summed E-state index contributed by atoms with van der Waals surface area (Å²) in [7, 11) is -1.41. The van der Waals surface area contributed by atoms with E-state index in [-0.39, 0.29) is 10.7 Å². The fraction of sp³-hybridized carbons (Fsp3) is 0.250. The summed E-state index contributed by atoms with van der Waals surface area (Å²) in [6.45, 7) is 7.27. The van der Waals surface area contributed by atoms with Crippen LogP contribution in [-0.4, -0.2) is 9.99 Å². The average molecular weight is 222 g/mol. The molecule has 3 heteroatoms. The zero-order valence-corrected chi connectivity index (χ0v) is 9.76. The first-order valence-corrected chi connectivity index (χ1v) is 5.91. The van der Waals surface area contributed by atoms with Gasteiger partial charge in [-0.15, -0.1) is 0 Å². The van der Waals surface area contributed by atoms with Crippen LogP contribution in [0.1, 0.15) is 18.9 Å². The largest absolute Gasteiger partial charge is 0.294 e. The average Bonchev–Trinajstić information content (AvgIpc) is 2.27. The van der Waals surface area contributed by atoms with E-state index in [0.717, 1.165) is 5.56 Å². The SMILES string of the molecule is C=C(C(=O)CC)[S@@](=O)c1ccc(C)cc1. The van der Waals surface area contributed by atoms with Crippen LogP contribution >= 0.6 is 0 Å². The van der Waals surface area contributed by atoms with Crippen LogP contribution in [0, 0.1) is 6.92 Å². The Morgan fingerprint density at radius 3 is 2.33 bits per heavy atom. The molecule has 80 valence electrons. The minimum atomic E-state index is -1.41. The second-order valence-corrected chi connectivity index (χ2v) is 4.78. The molecule has 0 aromatic heterocycles. The Hall–Kier alpha value is -1.22. The lowest BCUT2D eigenvalue weighted by Gasteiger charge is -2.03. The van der Waals surface area contributed by atoms with Gasteiger partial charge in [0.1, 0.15) is 0 Å². The van der Waals surface area contributed by atoms with Gasteiger partial charge in [0.25, 0.3) is 0 Å². The van der Waals surface area contributed by atoms with Gasteiger partial charge in [-0.1, -0.05) is 31.2 Å². The lowest BCUT2D eigenvalue weighted by molar-refractivity contribution is -0.114. The van der Waals surface area contributed by atoms with Gasteiger partial charge in [-0.2, -0.15) is 0 Å². The normalized spacial score (nSPS) is 12.1. The molecule has 2 nitrogen and oxygen atoms in total. The molecule has 1 atom stereocenters. The molecule has 0 spiro atoms. The van der Waals surface area contributed by atoms with Crippen molar-refractivity contribution in [3.63, 3.8) is 0 Å². The van der Waals surface area contributed by atoms with E-state index in [2.05, 4.69) is 6.58 Å². The van der Waals surface area contributed by atoms with Crippen LogP contribution in [0.3, 0.4) is 0 Å². The molecule has 0 amide bonds. The van der Waals surface area contributed by atoms with Crippen molar-refractivity contribution in [3.05, 3.63) is 41.3 Å². The molecular formula is C12H14O2S. The highest BCUT2D eigenvalue weighted by Gasteiger charge is 2.13. The van der Waals surface area contributed by atoms with Crippen molar-refractivity contribution in [1.82, 2.24) is 0 Å². The summed E-state index contributed by atoms with van der Waals surface area (Å²) in [5, 5.41) is 0. The smallest absolute Gasteiger partial charge is 0.171 e. The fourth-order valence-corrected chi connectivity index (χ4v) is 2.12. The van der Waals surface area contributed by atoms with Crippen LogP contribution in [0.2, 0.25) is 0 Å². The molecule has 0 fully saturated rings. The van der Waals surface area contributed by atoms with E-state index >= 15 is 0 Å². The predicted octanol–water partition coefficient (Wildman–Crippen LogP) is 2.60. The first kappa shape index (κ1) is 11.9. The van der Waals surface area contributed by atoms with Gasteiger partial charge in [-0.25, -0.2) is 4.21 Å². The Kier molecular flexibility index (Phi) is 3.97. The van der Waals surface area contributed by atoms with E-state index in [0.29, 0.717) is 11.3 Å². The Bertz CT molecular complexity index is 404. The maximum atomic E-state index is 11.8. The van der Waals surface area contributed by atoms with Gasteiger partial charge in [0.15, 0.2) is 5.78 Å². The molecule has 1 rings (SSSR count). The van der Waals surface area contributed by atoms with Crippen LogP contribution in [-0.2, 0) is 15.6 Å². The molecule has 15 heavy (non-hydrogen) atoms. The Morgan fingerprint density at radius 1 is 1.33 bits per heavy atom. The van der Waals surface area contributed by atoms with Crippen molar-refractivity contribution in [2.75, 3.05) is 0 Å². The molecule has 0 bridgehead atoms. The number of rotatable bonds is 4. The van der Waals surface area contributed by atoms with Gasteiger partial charge < -0.3 is 0 Å². The number of benzene rings is 1. The number of ketones is 1. The second-order valence-electron chi connectivity index (χ2n) is 3.28. The van der Waals surface area contributed by atoms with E-state index in [9.17, 15) is 9.00 Å². The van der Waals surface area contributed by atoms with E-state index < -0.39 is 10.8 Å². The van der Waals surface area contributed by atoms with Gasteiger partial charge in [-0.3, -0.25) is 4.79 Å². The molecule has 0 saturated heterocycles. The highest BCUT2D eigenvalue weighted by molar-refractivity contribution is 7.90. The van der Waals surface area contributed by atoms with Crippen molar-refractivity contribution in [2.24, 2.45) is 0 Å². The first-order valence-electron chi connectivity index (χ1n) is 4.76. The van der Waals surface area contributed by atoms with Crippen LogP contribution in [0.5, 0.6) is 0 Å². The van der Waals surface area contributed by atoms with E-state index in [1.165, 1.54) is 0 Å². The summed E-state index contributed by atoms with van der Waals surface area (Å²) >= 11 is 0. The predicted molar refractivity (Wildman–Crippen MR) is 62.0 cm³/mol. The highest BCUT2D eigenvalue weighted by Crippen LogP contribution is 2.15. The molecule has 0 aliphatic rings. The third-order valence-corrected chi connectivity index (χ3v) is 3.47. The quantitative estimate of drug-likeness (QED) is 0.734. The molecule has 0 N–H and O–H groups in total. The Morgan fingerprint density at radius 2 is 1.87 bits per heavy atom. The first-order chi connectivity index (χ1) is 7.06. The number of carbonyl (C=O) groups is 1.